The molecule has 2 unspecified atom stereocenters. The number of imidazole rings is 2. The molecule has 0 radical (unpaired) electrons. The summed E-state index contributed by atoms with van der Waals surface area (Å²) in [6.07, 6.45) is 2.68. The second kappa shape index (κ2) is 18.6. The lowest BCUT2D eigenvalue weighted by Gasteiger charge is -2.30. The van der Waals surface area contributed by atoms with Crippen molar-refractivity contribution < 1.29 is 52.1 Å². The molecule has 0 bridgehead atoms. The van der Waals surface area contributed by atoms with Crippen LogP contribution in [0.5, 0.6) is 11.5 Å². The number of alkyl carbamates (subject to hydrolysis) is 2. The van der Waals surface area contributed by atoms with Gasteiger partial charge in [-0.2, -0.15) is 0 Å². The number of fused-ring (bicyclic) bond motifs is 5. The molecule has 0 spiro atoms. The number of benzene rings is 3. The van der Waals surface area contributed by atoms with E-state index in [0.29, 0.717) is 59.6 Å². The van der Waals surface area contributed by atoms with Crippen LogP contribution in [0.15, 0.2) is 65.3 Å². The molecule has 20 heteroatoms. The number of nitrogens with zero attached hydrogens (tertiary/aromatic N) is 5. The Morgan fingerprint density at radius 1 is 0.714 bits per heavy atom. The van der Waals surface area contributed by atoms with E-state index in [0.717, 1.165) is 51.6 Å². The highest BCUT2D eigenvalue weighted by molar-refractivity contribution is 6.06. The fraction of sp³-hybridized carbons (Fsp3) is 0.420. The van der Waals surface area contributed by atoms with Gasteiger partial charge in [-0.05, 0) is 72.2 Å². The normalized spacial score (nSPS) is 19.3. The van der Waals surface area contributed by atoms with E-state index >= 15 is 0 Å². The summed E-state index contributed by atoms with van der Waals surface area (Å²) >= 11 is 0. The molecule has 0 aliphatic carbocycles. The number of carbonyl (C=O) groups excluding carboxylic acids is 5. The van der Waals surface area contributed by atoms with Crippen molar-refractivity contribution >= 4 is 52.0 Å². The zero-order chi connectivity index (χ0) is 49.0. The van der Waals surface area contributed by atoms with Gasteiger partial charge >= 0.3 is 18.3 Å². The highest BCUT2D eigenvalue weighted by Gasteiger charge is 2.44. The molecular formula is C50H55N9O11. The lowest BCUT2D eigenvalue weighted by atomic mass is 10.0. The molecule has 4 aliphatic rings. The van der Waals surface area contributed by atoms with Crippen molar-refractivity contribution in [1.82, 2.24) is 45.3 Å². The van der Waals surface area contributed by atoms with Crippen LogP contribution in [0.25, 0.3) is 44.5 Å². The van der Waals surface area contributed by atoms with Crippen molar-refractivity contribution in [3.8, 4) is 34.0 Å². The summed E-state index contributed by atoms with van der Waals surface area (Å²) in [6, 6.07) is 13.1. The minimum atomic E-state index is -0.918. The first kappa shape index (κ1) is 46.0. The Labute approximate surface area is 402 Å². The molecule has 0 saturated carbocycles. The van der Waals surface area contributed by atoms with Crippen LogP contribution in [-0.2, 0) is 36.9 Å². The Kier molecular flexibility index (Phi) is 12.2. The monoisotopic (exact) mass is 957 g/mol. The van der Waals surface area contributed by atoms with E-state index in [4.69, 9.17) is 38.1 Å². The quantitative estimate of drug-likeness (QED) is 0.0934. The number of hydrogen-bond acceptors (Lipinski definition) is 13. The van der Waals surface area contributed by atoms with Crippen LogP contribution >= 0.6 is 0 Å². The zero-order valence-electron chi connectivity index (χ0n) is 39.7. The fourth-order valence-electron chi connectivity index (χ4n) is 10.0. The number of likely N-dealkylation sites (tertiary alicyclic amines) is 2. The maximum Gasteiger partial charge on any atom is 0.410 e. The van der Waals surface area contributed by atoms with E-state index in [1.54, 1.807) is 27.1 Å². The molecule has 366 valence electrons. The molecule has 3 aromatic heterocycles. The molecular weight excluding hydrogens is 903 g/mol. The number of H-pyrrole nitrogens is 2. The number of amides is 5. The number of aromatic amines is 2. The Morgan fingerprint density at radius 3 is 1.77 bits per heavy atom. The number of ether oxygens (including phenoxy) is 5. The number of furan rings is 1. The summed E-state index contributed by atoms with van der Waals surface area (Å²) in [5.41, 5.74) is 6.31. The van der Waals surface area contributed by atoms with E-state index < -0.39 is 42.5 Å². The van der Waals surface area contributed by atoms with Crippen LogP contribution in [0.2, 0.25) is 0 Å². The molecule has 10 rings (SSSR count). The zero-order valence-corrected chi connectivity index (χ0v) is 39.7. The van der Waals surface area contributed by atoms with Crippen LogP contribution < -0.4 is 20.1 Å². The second-order valence-electron chi connectivity index (χ2n) is 18.9. The third kappa shape index (κ3) is 8.66. The average molecular weight is 958 g/mol. The van der Waals surface area contributed by atoms with Crippen molar-refractivity contribution in [3.05, 3.63) is 83.7 Å². The van der Waals surface area contributed by atoms with Crippen molar-refractivity contribution in [3.63, 3.8) is 0 Å². The summed E-state index contributed by atoms with van der Waals surface area (Å²) in [5.74, 6) is 1.47. The van der Waals surface area contributed by atoms with Gasteiger partial charge in [0.25, 0.3) is 0 Å². The summed E-state index contributed by atoms with van der Waals surface area (Å²) in [6.45, 7) is 8.91. The Hall–Kier alpha value is -7.77. The van der Waals surface area contributed by atoms with Gasteiger partial charge in [0.15, 0.2) is 11.5 Å². The Morgan fingerprint density at radius 2 is 1.24 bits per heavy atom. The highest BCUT2D eigenvalue weighted by atomic mass is 16.7. The van der Waals surface area contributed by atoms with Gasteiger partial charge in [-0.3, -0.25) is 14.5 Å². The molecule has 7 heterocycles. The predicted molar refractivity (Wildman–Crippen MR) is 252 cm³/mol. The molecule has 5 atom stereocenters. The molecule has 4 aliphatic heterocycles. The molecule has 4 N–H and O–H groups in total. The third-order valence-electron chi connectivity index (χ3n) is 13.7. The van der Waals surface area contributed by atoms with Crippen LogP contribution in [0.3, 0.4) is 0 Å². The second-order valence-corrected chi connectivity index (χ2v) is 18.9. The maximum absolute atomic E-state index is 14.4. The van der Waals surface area contributed by atoms with Crippen LogP contribution in [0, 0.1) is 11.8 Å². The first-order chi connectivity index (χ1) is 33.8. The number of carbonyl (C=O) groups is 5. The summed E-state index contributed by atoms with van der Waals surface area (Å²) in [4.78, 5) is 87.5. The highest BCUT2D eigenvalue weighted by Crippen LogP contribution is 2.41. The molecule has 20 nitrogen and oxygen atoms in total. The number of rotatable bonds is 11. The molecule has 2 saturated heterocycles. The predicted octanol–water partition coefficient (Wildman–Crippen LogP) is 7.31. The first-order valence-corrected chi connectivity index (χ1v) is 23.5. The molecule has 2 fully saturated rings. The van der Waals surface area contributed by atoms with Gasteiger partial charge in [0.2, 0.25) is 18.6 Å². The molecule has 5 amide bonds. The van der Waals surface area contributed by atoms with Crippen molar-refractivity contribution in [1.29, 1.82) is 0 Å². The Balaban J connectivity index is 0.868. The van der Waals surface area contributed by atoms with E-state index in [1.165, 1.54) is 14.2 Å². The largest absolute Gasteiger partial charge is 0.456 e. The lowest BCUT2D eigenvalue weighted by molar-refractivity contribution is -0.136. The number of methoxy groups -OCH3 is 2. The SMILES string of the molecule is COC(=O)N[C@H](C(=O)N1CC(OC(=O)N2Cc3cc4c(cc3C2)OCO4)CC1c1ncc(-c2ccc3c(c2)oc2cc(-c4cnc([C@@H]5CCCN5C(=O)[C@@H](NC(=O)OC)C(C)C)[nH]4)ccc23)[nH]1)C(C)C. The standard InChI is InChI=1S/C50H55N9O11/c1-25(2)42(55-48(62)65-5)46(60)58-13-7-8-36(58)44-51-19-34(53-44)27-9-11-32-33-12-10-28(15-39(33)70-38(32)14-27)35-20-52-45(54-35)37-18-31(23-59(37)47(61)43(26(3)4)56-49(63)66-6)69-50(64)57-21-29-16-40-41(68-24-67-40)17-30(29)22-57/h9-12,14-17,19-20,25-26,31,36-37,42-43H,7-8,13,18,21-24H2,1-6H3,(H,51,53)(H,52,54)(H,55,62)(H,56,63)/t31?,36-,37?,42-,43-/m0/s1. The summed E-state index contributed by atoms with van der Waals surface area (Å²) in [7, 11) is 2.52. The molecule has 6 aromatic rings. The minimum Gasteiger partial charge on any atom is -0.456 e. The first-order valence-electron chi connectivity index (χ1n) is 23.5. The fourth-order valence-corrected chi connectivity index (χ4v) is 10.0. The van der Waals surface area contributed by atoms with Crippen molar-refractivity contribution in [2.75, 3.05) is 34.1 Å². The third-order valence-corrected chi connectivity index (χ3v) is 13.7. The van der Waals surface area contributed by atoms with Gasteiger partial charge in [0.05, 0.1) is 56.6 Å². The van der Waals surface area contributed by atoms with E-state index in [-0.39, 0.29) is 49.5 Å². The van der Waals surface area contributed by atoms with Gasteiger partial charge in [-0.25, -0.2) is 24.4 Å². The number of hydrogen-bond donors (Lipinski definition) is 4. The van der Waals surface area contributed by atoms with Crippen molar-refractivity contribution in [2.24, 2.45) is 11.8 Å². The molecule has 3 aromatic carbocycles. The topological polar surface area (TPSA) is 236 Å². The van der Waals surface area contributed by atoms with Gasteiger partial charge in [-0.15, -0.1) is 0 Å². The van der Waals surface area contributed by atoms with Crippen LogP contribution in [0.4, 0.5) is 14.4 Å². The number of nitrogens with one attached hydrogen (secondary N) is 4. The Bertz CT molecular complexity index is 2980. The van der Waals surface area contributed by atoms with E-state index in [2.05, 4.69) is 20.6 Å². The van der Waals surface area contributed by atoms with Gasteiger partial charge < -0.3 is 58.5 Å². The maximum atomic E-state index is 14.4. The van der Waals surface area contributed by atoms with Gasteiger partial charge in [0, 0.05) is 48.0 Å². The van der Waals surface area contributed by atoms with E-state index in [1.807, 2.05) is 76.2 Å². The average Bonchev–Trinajstić information content (AvgIpc) is 4.21. The van der Waals surface area contributed by atoms with Crippen molar-refractivity contribution in [2.45, 2.75) is 90.3 Å². The summed E-state index contributed by atoms with van der Waals surface area (Å²) in [5, 5.41) is 7.21. The summed E-state index contributed by atoms with van der Waals surface area (Å²) < 4.78 is 33.3. The molecule has 70 heavy (non-hydrogen) atoms. The van der Waals surface area contributed by atoms with Gasteiger partial charge in [-0.1, -0.05) is 39.8 Å². The van der Waals surface area contributed by atoms with E-state index in [9.17, 15) is 24.0 Å². The van der Waals surface area contributed by atoms with Crippen LogP contribution in [0.1, 0.15) is 81.8 Å². The van der Waals surface area contributed by atoms with Crippen LogP contribution in [-0.4, -0.2) is 117 Å². The minimum absolute atomic E-state index is 0.0779. The smallest absolute Gasteiger partial charge is 0.410 e. The van der Waals surface area contributed by atoms with Gasteiger partial charge in [0.1, 0.15) is 41.0 Å². The number of aromatic nitrogens is 4. The lowest BCUT2D eigenvalue weighted by Crippen LogP contribution is -2.51.